The zero-order chi connectivity index (χ0) is 8.69. The van der Waals surface area contributed by atoms with Crippen molar-refractivity contribution >= 4 is 11.8 Å². The van der Waals surface area contributed by atoms with Crippen LogP contribution in [0.4, 0.5) is 0 Å². The molecule has 0 nitrogen and oxygen atoms in total. The number of hydrogen-bond acceptors (Lipinski definition) is 1. The van der Waals surface area contributed by atoms with E-state index < -0.39 is 0 Å². The molecule has 0 atom stereocenters. The van der Waals surface area contributed by atoms with Gasteiger partial charge in [-0.1, -0.05) is 36.5 Å². The second-order valence-electron chi connectivity index (χ2n) is 2.43. The molecule has 0 amide bonds. The van der Waals surface area contributed by atoms with Crippen molar-refractivity contribution in [3.8, 4) is 0 Å². The van der Waals surface area contributed by atoms with E-state index in [1.165, 1.54) is 0 Å². The topological polar surface area (TPSA) is 0 Å². The van der Waals surface area contributed by atoms with Crippen molar-refractivity contribution in [2.75, 3.05) is 0 Å². The zero-order valence-corrected chi connectivity index (χ0v) is 7.95. The van der Waals surface area contributed by atoms with E-state index in [1.807, 2.05) is 36.8 Å². The quantitative estimate of drug-likeness (QED) is 0.571. The first-order chi connectivity index (χ1) is 5.13. The van der Waals surface area contributed by atoms with E-state index >= 15 is 0 Å². The van der Waals surface area contributed by atoms with E-state index in [0.29, 0.717) is 0 Å². The molecule has 1 heteroatoms. The standard InChI is InChI=1S/C10H14S/c1-9(2)5-7-11-8-6-10(3)4/h5-8H,1,3H2,2,4H3. The molecule has 0 N–H and O–H groups in total. The van der Waals surface area contributed by atoms with Gasteiger partial charge in [0.1, 0.15) is 0 Å². The molecule has 0 aromatic heterocycles. The van der Waals surface area contributed by atoms with Gasteiger partial charge in [0.05, 0.1) is 0 Å². The van der Waals surface area contributed by atoms with E-state index in [-0.39, 0.29) is 0 Å². The van der Waals surface area contributed by atoms with Crippen LogP contribution in [-0.4, -0.2) is 0 Å². The van der Waals surface area contributed by atoms with Crippen LogP contribution in [0.5, 0.6) is 0 Å². The molecule has 60 valence electrons. The minimum Gasteiger partial charge on any atom is -0.106 e. The molecule has 0 aliphatic carbocycles. The van der Waals surface area contributed by atoms with Crippen LogP contribution >= 0.6 is 11.8 Å². The summed E-state index contributed by atoms with van der Waals surface area (Å²) in [4.78, 5) is 0. The summed E-state index contributed by atoms with van der Waals surface area (Å²) in [5.41, 5.74) is 2.14. The third-order valence-electron chi connectivity index (χ3n) is 0.862. The molecule has 0 aliphatic heterocycles. The number of thioether (sulfide) groups is 1. The van der Waals surface area contributed by atoms with Gasteiger partial charge in [-0.05, 0) is 24.7 Å². The van der Waals surface area contributed by atoms with Crippen LogP contribution in [0.25, 0.3) is 0 Å². The highest BCUT2D eigenvalue weighted by Gasteiger charge is 1.74. The van der Waals surface area contributed by atoms with E-state index in [9.17, 15) is 0 Å². The average Bonchev–Trinajstić information content (AvgIpc) is 1.85. The highest BCUT2D eigenvalue weighted by Crippen LogP contribution is 2.07. The fraction of sp³-hybridized carbons (Fsp3) is 0.200. The van der Waals surface area contributed by atoms with E-state index in [1.54, 1.807) is 11.8 Å². The smallest absolute Gasteiger partial charge is 0.0246 e. The average molecular weight is 166 g/mol. The largest absolute Gasteiger partial charge is 0.106 e. The number of hydrogen-bond donors (Lipinski definition) is 0. The fourth-order valence-corrected chi connectivity index (χ4v) is 1.07. The summed E-state index contributed by atoms with van der Waals surface area (Å²) < 4.78 is 0. The Labute approximate surface area is 73.4 Å². The van der Waals surface area contributed by atoms with Crippen LogP contribution in [0.2, 0.25) is 0 Å². The summed E-state index contributed by atoms with van der Waals surface area (Å²) in [5.74, 6) is 0. The molecule has 0 heterocycles. The lowest BCUT2D eigenvalue weighted by molar-refractivity contribution is 1.57. The molecule has 0 radical (unpaired) electrons. The molecule has 0 aliphatic rings. The summed E-state index contributed by atoms with van der Waals surface area (Å²) in [5, 5.41) is 4.00. The van der Waals surface area contributed by atoms with Gasteiger partial charge >= 0.3 is 0 Å². The van der Waals surface area contributed by atoms with Gasteiger partial charge in [-0.15, -0.1) is 11.8 Å². The first-order valence-corrected chi connectivity index (χ1v) is 4.37. The Morgan fingerprint density at radius 2 is 1.36 bits per heavy atom. The van der Waals surface area contributed by atoms with Crippen LogP contribution < -0.4 is 0 Å². The zero-order valence-electron chi connectivity index (χ0n) is 7.13. The molecule has 0 unspecified atom stereocenters. The van der Waals surface area contributed by atoms with Crippen molar-refractivity contribution in [1.29, 1.82) is 0 Å². The number of allylic oxidation sites excluding steroid dienone is 4. The summed E-state index contributed by atoms with van der Waals surface area (Å²) in [6.07, 6.45) is 3.96. The maximum atomic E-state index is 3.75. The third-order valence-corrected chi connectivity index (χ3v) is 1.45. The van der Waals surface area contributed by atoms with Gasteiger partial charge in [0.15, 0.2) is 0 Å². The molecule has 0 rings (SSSR count). The van der Waals surface area contributed by atoms with Crippen LogP contribution in [0.15, 0.2) is 47.3 Å². The van der Waals surface area contributed by atoms with Crippen LogP contribution in [-0.2, 0) is 0 Å². The molecule has 0 fully saturated rings. The predicted molar refractivity (Wildman–Crippen MR) is 55.5 cm³/mol. The van der Waals surface area contributed by atoms with Gasteiger partial charge in [-0.3, -0.25) is 0 Å². The van der Waals surface area contributed by atoms with Gasteiger partial charge in [0.2, 0.25) is 0 Å². The second kappa shape index (κ2) is 6.05. The molecule has 0 saturated heterocycles. The monoisotopic (exact) mass is 166 g/mol. The lowest BCUT2D eigenvalue weighted by atomic mass is 10.4. The van der Waals surface area contributed by atoms with Gasteiger partial charge < -0.3 is 0 Å². The van der Waals surface area contributed by atoms with Crippen LogP contribution in [0.1, 0.15) is 13.8 Å². The van der Waals surface area contributed by atoms with E-state index in [2.05, 4.69) is 13.2 Å². The summed E-state index contributed by atoms with van der Waals surface area (Å²) in [7, 11) is 0. The highest BCUT2D eigenvalue weighted by molar-refractivity contribution is 8.04. The SMILES string of the molecule is C=C(C)C=CSC=CC(=C)C. The number of rotatable bonds is 4. The Bertz CT molecular complexity index is 175. The molecule has 0 aromatic rings. The second-order valence-corrected chi connectivity index (χ2v) is 3.25. The van der Waals surface area contributed by atoms with Crippen molar-refractivity contribution in [2.45, 2.75) is 13.8 Å². The van der Waals surface area contributed by atoms with Crippen molar-refractivity contribution in [1.82, 2.24) is 0 Å². The minimum absolute atomic E-state index is 1.07. The third kappa shape index (κ3) is 9.31. The van der Waals surface area contributed by atoms with Gasteiger partial charge in [-0.2, -0.15) is 0 Å². The van der Waals surface area contributed by atoms with E-state index in [0.717, 1.165) is 11.1 Å². The first-order valence-electron chi connectivity index (χ1n) is 3.42. The molecular formula is C10H14S. The summed E-state index contributed by atoms with van der Waals surface area (Å²) >= 11 is 1.63. The molecule has 0 saturated carbocycles. The Balaban J connectivity index is 3.57. The van der Waals surface area contributed by atoms with Crippen molar-refractivity contribution in [3.63, 3.8) is 0 Å². The maximum absolute atomic E-state index is 3.75. The Kier molecular flexibility index (Phi) is 5.67. The predicted octanol–water partition coefficient (Wildman–Crippen LogP) is 3.90. The normalized spacial score (nSPS) is 11.1. The molecule has 11 heavy (non-hydrogen) atoms. The Morgan fingerprint density at radius 3 is 1.64 bits per heavy atom. The molecule has 0 aromatic carbocycles. The molecule has 0 spiro atoms. The van der Waals surface area contributed by atoms with Gasteiger partial charge in [-0.25, -0.2) is 0 Å². The maximum Gasteiger partial charge on any atom is -0.0246 e. The van der Waals surface area contributed by atoms with Crippen LogP contribution in [0.3, 0.4) is 0 Å². The highest BCUT2D eigenvalue weighted by atomic mass is 32.2. The first kappa shape index (κ1) is 10.3. The van der Waals surface area contributed by atoms with Gasteiger partial charge in [0.25, 0.3) is 0 Å². The fourth-order valence-electron chi connectivity index (χ4n) is 0.356. The lowest BCUT2D eigenvalue weighted by Crippen LogP contribution is -1.58. The van der Waals surface area contributed by atoms with Crippen molar-refractivity contribution in [3.05, 3.63) is 47.3 Å². The summed E-state index contributed by atoms with van der Waals surface area (Å²) in [6.45, 7) is 11.4. The molecule has 0 bridgehead atoms. The minimum atomic E-state index is 1.07. The van der Waals surface area contributed by atoms with Gasteiger partial charge in [0, 0.05) is 0 Å². The Hall–Kier alpha value is -0.690. The Morgan fingerprint density at radius 1 is 1.00 bits per heavy atom. The van der Waals surface area contributed by atoms with Crippen molar-refractivity contribution < 1.29 is 0 Å². The summed E-state index contributed by atoms with van der Waals surface area (Å²) in [6, 6.07) is 0. The molecular weight excluding hydrogens is 152 g/mol. The van der Waals surface area contributed by atoms with Crippen molar-refractivity contribution in [2.24, 2.45) is 0 Å². The lowest BCUT2D eigenvalue weighted by Gasteiger charge is -1.85. The van der Waals surface area contributed by atoms with Crippen LogP contribution in [0, 0.1) is 0 Å². The van der Waals surface area contributed by atoms with E-state index in [4.69, 9.17) is 0 Å².